The summed E-state index contributed by atoms with van der Waals surface area (Å²) in [5, 5.41) is 0.206. The molecule has 0 atom stereocenters. The molecular formula is C16H19Cl2F. The summed E-state index contributed by atoms with van der Waals surface area (Å²) in [6, 6.07) is 5.13. The zero-order valence-corrected chi connectivity index (χ0v) is 12.4. The summed E-state index contributed by atoms with van der Waals surface area (Å²) in [6.07, 6.45) is 9.13. The summed E-state index contributed by atoms with van der Waals surface area (Å²) in [5.41, 5.74) is 2.69. The number of rotatable bonds is 4. The largest absolute Gasteiger partial charge is 0.205 e. The topological polar surface area (TPSA) is 0 Å². The van der Waals surface area contributed by atoms with Gasteiger partial charge in [-0.2, -0.15) is 0 Å². The van der Waals surface area contributed by atoms with E-state index in [0.717, 1.165) is 24.3 Å². The predicted octanol–water partition coefficient (Wildman–Crippen LogP) is 5.97. The second-order valence-electron chi connectivity index (χ2n) is 5.39. The van der Waals surface area contributed by atoms with E-state index in [4.69, 9.17) is 23.2 Å². The minimum absolute atomic E-state index is 0.206. The van der Waals surface area contributed by atoms with E-state index >= 15 is 0 Å². The highest BCUT2D eigenvalue weighted by atomic mass is 35.5. The van der Waals surface area contributed by atoms with Crippen molar-refractivity contribution in [2.24, 2.45) is 11.8 Å². The van der Waals surface area contributed by atoms with Gasteiger partial charge in [0.05, 0.1) is 5.02 Å². The second kappa shape index (κ2) is 7.31. The summed E-state index contributed by atoms with van der Waals surface area (Å²) in [7, 11) is 0. The van der Waals surface area contributed by atoms with Gasteiger partial charge in [0, 0.05) is 5.54 Å². The first-order valence-corrected chi connectivity index (χ1v) is 7.71. The van der Waals surface area contributed by atoms with Crippen LogP contribution in [0.15, 0.2) is 29.8 Å². The lowest BCUT2D eigenvalue weighted by Gasteiger charge is -2.26. The quantitative estimate of drug-likeness (QED) is 0.642. The molecule has 1 aromatic carbocycles. The summed E-state index contributed by atoms with van der Waals surface area (Å²) in [6.45, 7) is 0. The number of allylic oxidation sites excluding steroid dienone is 1. The van der Waals surface area contributed by atoms with Crippen molar-refractivity contribution in [3.63, 3.8) is 0 Å². The first-order chi connectivity index (χ1) is 9.19. The van der Waals surface area contributed by atoms with Crippen LogP contribution < -0.4 is 0 Å². The molecule has 3 heteroatoms. The third-order valence-electron chi connectivity index (χ3n) is 4.06. The predicted molar refractivity (Wildman–Crippen MR) is 80.2 cm³/mol. The van der Waals surface area contributed by atoms with Gasteiger partial charge in [-0.3, -0.25) is 0 Å². The molecule has 0 spiro atoms. The Bertz CT molecular complexity index is 434. The van der Waals surface area contributed by atoms with Gasteiger partial charge in [0.15, 0.2) is 0 Å². The van der Waals surface area contributed by atoms with Crippen molar-refractivity contribution in [2.45, 2.75) is 38.5 Å². The maximum absolute atomic E-state index is 13.3. The molecule has 0 N–H and O–H groups in total. The van der Waals surface area contributed by atoms with Crippen LogP contribution in [0.1, 0.15) is 37.7 Å². The molecule has 0 amide bonds. The Balaban J connectivity index is 1.78. The summed E-state index contributed by atoms with van der Waals surface area (Å²) < 4.78 is 13.3. The molecule has 1 aliphatic carbocycles. The first-order valence-electron chi connectivity index (χ1n) is 6.90. The third-order valence-corrected chi connectivity index (χ3v) is 4.51. The van der Waals surface area contributed by atoms with Crippen LogP contribution in [0, 0.1) is 17.7 Å². The van der Waals surface area contributed by atoms with Gasteiger partial charge in [0.1, 0.15) is 5.82 Å². The highest BCUT2D eigenvalue weighted by Crippen LogP contribution is 2.32. The fourth-order valence-corrected chi connectivity index (χ4v) is 3.16. The summed E-state index contributed by atoms with van der Waals surface area (Å²) >= 11 is 11.3. The van der Waals surface area contributed by atoms with Crippen molar-refractivity contribution in [2.75, 3.05) is 0 Å². The van der Waals surface area contributed by atoms with Crippen molar-refractivity contribution in [1.82, 2.24) is 0 Å². The van der Waals surface area contributed by atoms with Gasteiger partial charge in [-0.25, -0.2) is 4.39 Å². The lowest BCUT2D eigenvalue weighted by molar-refractivity contribution is 0.296. The van der Waals surface area contributed by atoms with Gasteiger partial charge in [0.25, 0.3) is 0 Å². The van der Waals surface area contributed by atoms with Crippen LogP contribution in [0.25, 0.3) is 0 Å². The Morgan fingerprint density at radius 1 is 1.21 bits per heavy atom. The van der Waals surface area contributed by atoms with E-state index in [2.05, 4.69) is 6.08 Å². The van der Waals surface area contributed by atoms with E-state index in [-0.39, 0.29) is 10.8 Å². The Kier molecular flexibility index (Phi) is 5.72. The Labute approximate surface area is 124 Å². The van der Waals surface area contributed by atoms with Crippen molar-refractivity contribution in [3.05, 3.63) is 46.2 Å². The number of hydrogen-bond donors (Lipinski definition) is 0. The van der Waals surface area contributed by atoms with E-state index in [0.29, 0.717) is 5.92 Å². The van der Waals surface area contributed by atoms with Gasteiger partial charge in [-0.05, 0) is 68.1 Å². The highest BCUT2D eigenvalue weighted by Gasteiger charge is 2.19. The Morgan fingerprint density at radius 3 is 2.58 bits per heavy atom. The second-order valence-corrected chi connectivity index (χ2v) is 6.05. The number of aryl methyl sites for hydroxylation is 1. The van der Waals surface area contributed by atoms with Crippen LogP contribution in [0.4, 0.5) is 4.39 Å². The zero-order chi connectivity index (χ0) is 13.7. The van der Waals surface area contributed by atoms with E-state index in [9.17, 15) is 4.39 Å². The molecule has 1 fully saturated rings. The van der Waals surface area contributed by atoms with E-state index in [1.165, 1.54) is 25.7 Å². The molecule has 0 aliphatic heterocycles. The fraction of sp³-hybridized carbons (Fsp3) is 0.500. The SMILES string of the molecule is Fc1cc(CC[C@H]2CC[C@H](/C=C/Cl)CC2)ccc1Cl. The molecule has 1 saturated carbocycles. The smallest absolute Gasteiger partial charge is 0.142 e. The van der Waals surface area contributed by atoms with Crippen molar-refractivity contribution >= 4 is 23.2 Å². The van der Waals surface area contributed by atoms with Crippen LogP contribution in [-0.2, 0) is 6.42 Å². The van der Waals surface area contributed by atoms with Gasteiger partial charge in [-0.1, -0.05) is 35.3 Å². The standard InChI is InChI=1S/C16H19Cl2F/c17-10-9-13-3-1-12(2-4-13)5-6-14-7-8-15(18)16(19)11-14/h7-13H,1-6H2/b10-9+/t12-,13-. The average Bonchev–Trinajstić information content (AvgIpc) is 2.42. The molecule has 1 aliphatic rings. The van der Waals surface area contributed by atoms with Gasteiger partial charge in [-0.15, -0.1) is 0 Å². The Hall–Kier alpha value is -0.530. The molecule has 0 saturated heterocycles. The van der Waals surface area contributed by atoms with E-state index < -0.39 is 0 Å². The maximum Gasteiger partial charge on any atom is 0.142 e. The normalized spacial score (nSPS) is 23.9. The van der Waals surface area contributed by atoms with Crippen LogP contribution in [0.2, 0.25) is 5.02 Å². The fourth-order valence-electron chi connectivity index (χ4n) is 2.84. The van der Waals surface area contributed by atoms with Crippen molar-refractivity contribution in [1.29, 1.82) is 0 Å². The first kappa shape index (κ1) is 14.9. The van der Waals surface area contributed by atoms with Crippen LogP contribution in [0.5, 0.6) is 0 Å². The Morgan fingerprint density at radius 2 is 1.95 bits per heavy atom. The molecule has 0 radical (unpaired) electrons. The monoisotopic (exact) mass is 300 g/mol. The lowest BCUT2D eigenvalue weighted by atomic mass is 9.79. The average molecular weight is 301 g/mol. The third kappa shape index (κ3) is 4.50. The zero-order valence-electron chi connectivity index (χ0n) is 10.9. The lowest BCUT2D eigenvalue weighted by Crippen LogP contribution is -2.13. The van der Waals surface area contributed by atoms with Crippen LogP contribution >= 0.6 is 23.2 Å². The molecule has 0 aromatic heterocycles. The molecule has 104 valence electrons. The van der Waals surface area contributed by atoms with Gasteiger partial charge < -0.3 is 0 Å². The van der Waals surface area contributed by atoms with Crippen LogP contribution in [-0.4, -0.2) is 0 Å². The number of hydrogen-bond acceptors (Lipinski definition) is 0. The van der Waals surface area contributed by atoms with Crippen molar-refractivity contribution in [3.8, 4) is 0 Å². The van der Waals surface area contributed by atoms with Gasteiger partial charge in [0.2, 0.25) is 0 Å². The molecule has 19 heavy (non-hydrogen) atoms. The maximum atomic E-state index is 13.3. The van der Waals surface area contributed by atoms with Crippen molar-refractivity contribution < 1.29 is 4.39 Å². The molecule has 0 heterocycles. The summed E-state index contributed by atoms with van der Waals surface area (Å²) in [5.74, 6) is 1.11. The number of benzene rings is 1. The molecule has 0 unspecified atom stereocenters. The highest BCUT2D eigenvalue weighted by molar-refractivity contribution is 6.30. The molecule has 0 bridgehead atoms. The van der Waals surface area contributed by atoms with Gasteiger partial charge >= 0.3 is 0 Å². The molecule has 1 aromatic rings. The molecule has 2 rings (SSSR count). The minimum atomic E-state index is -0.310. The van der Waals surface area contributed by atoms with E-state index in [1.54, 1.807) is 17.7 Å². The van der Waals surface area contributed by atoms with E-state index in [1.807, 2.05) is 6.07 Å². The summed E-state index contributed by atoms with van der Waals surface area (Å²) in [4.78, 5) is 0. The van der Waals surface area contributed by atoms with Crippen LogP contribution in [0.3, 0.4) is 0 Å². The minimum Gasteiger partial charge on any atom is -0.205 e. The molecule has 0 nitrogen and oxygen atoms in total. The molecular weight excluding hydrogens is 282 g/mol. The number of halogens is 3.